The minimum Gasteiger partial charge on any atom is -0.462 e. The SMILES string of the molecule is CC/C=C\C/C=C\C/C=C\C/C=C\CCCCCCCCCCCCCCC(=O)OC(COC(=O)CCCCCCCCCC)COP(=O)(O)OCC[N+](C)(C)C. The van der Waals surface area contributed by atoms with E-state index >= 15 is 0 Å². The van der Waals surface area contributed by atoms with Crippen molar-refractivity contribution in [1.82, 2.24) is 0 Å². The van der Waals surface area contributed by atoms with Crippen LogP contribution in [0.5, 0.6) is 0 Å². The molecule has 0 amide bonds. The molecule has 0 heterocycles. The van der Waals surface area contributed by atoms with Crippen molar-refractivity contribution >= 4 is 19.8 Å². The minimum absolute atomic E-state index is 0.0313. The zero-order chi connectivity index (χ0) is 42.1. The molecule has 0 aliphatic heterocycles. The molecule has 0 aromatic heterocycles. The van der Waals surface area contributed by atoms with Gasteiger partial charge in [0, 0.05) is 12.8 Å². The van der Waals surface area contributed by atoms with Gasteiger partial charge in [-0.15, -0.1) is 0 Å². The number of hydrogen-bond donors (Lipinski definition) is 1. The van der Waals surface area contributed by atoms with Crippen LogP contribution in [0.2, 0.25) is 0 Å². The summed E-state index contributed by atoms with van der Waals surface area (Å²) < 4.78 is 34.2. The Morgan fingerprint density at radius 1 is 0.561 bits per heavy atom. The lowest BCUT2D eigenvalue weighted by Crippen LogP contribution is -2.37. The Hall–Kier alpha value is -2.03. The first kappa shape index (κ1) is 55.0. The van der Waals surface area contributed by atoms with Crippen molar-refractivity contribution in [2.45, 2.75) is 193 Å². The number of quaternary nitrogens is 1. The molecule has 0 rings (SSSR count). The fourth-order valence-corrected chi connectivity index (χ4v) is 6.81. The van der Waals surface area contributed by atoms with Crippen LogP contribution < -0.4 is 0 Å². The van der Waals surface area contributed by atoms with E-state index in [0.29, 0.717) is 17.4 Å². The number of phosphoric ester groups is 1. The summed E-state index contributed by atoms with van der Waals surface area (Å²) in [5.41, 5.74) is 0. The quantitative estimate of drug-likeness (QED) is 0.0213. The van der Waals surface area contributed by atoms with Gasteiger partial charge < -0.3 is 18.9 Å². The average Bonchev–Trinajstić information content (AvgIpc) is 3.16. The summed E-state index contributed by atoms with van der Waals surface area (Å²) in [5, 5.41) is 0. The molecule has 57 heavy (non-hydrogen) atoms. The van der Waals surface area contributed by atoms with E-state index in [4.69, 9.17) is 18.5 Å². The maximum absolute atomic E-state index is 12.7. The third-order valence-electron chi connectivity index (χ3n) is 9.62. The maximum atomic E-state index is 12.7. The molecule has 0 aromatic carbocycles. The Morgan fingerprint density at radius 3 is 1.49 bits per heavy atom. The van der Waals surface area contributed by atoms with Crippen LogP contribution in [0, 0.1) is 0 Å². The lowest BCUT2D eigenvalue weighted by molar-refractivity contribution is -0.870. The number of likely N-dealkylation sites (N-methyl/N-ethyl adjacent to an activating group) is 1. The summed E-state index contributed by atoms with van der Waals surface area (Å²) in [6, 6.07) is 0. The molecule has 0 aromatic rings. The van der Waals surface area contributed by atoms with E-state index in [-0.39, 0.29) is 32.0 Å². The second-order valence-electron chi connectivity index (χ2n) is 16.4. The van der Waals surface area contributed by atoms with Crippen molar-refractivity contribution in [3.05, 3.63) is 48.6 Å². The standard InChI is InChI=1S/C47H86NO8P/c1-6-8-10-12-14-16-17-18-19-20-21-22-23-24-25-26-27-28-29-30-31-32-34-36-38-40-47(50)56-45(44-55-57(51,52)54-42-41-48(3,4)5)43-53-46(49)39-37-35-33-15-13-11-9-7-2/h8,10,14,16,18-19,21-22,45H,6-7,9,11-13,15,17,20,23-44H2,1-5H3/p+1/b10-8-,16-14-,19-18-,22-21-. The molecule has 9 nitrogen and oxygen atoms in total. The van der Waals surface area contributed by atoms with E-state index in [9.17, 15) is 19.0 Å². The molecule has 0 spiro atoms. The highest BCUT2D eigenvalue weighted by Crippen LogP contribution is 2.43. The van der Waals surface area contributed by atoms with Gasteiger partial charge in [-0.2, -0.15) is 0 Å². The first-order valence-electron chi connectivity index (χ1n) is 22.9. The number of phosphoric acid groups is 1. The summed E-state index contributed by atoms with van der Waals surface area (Å²) in [5.74, 6) is -0.804. The Labute approximate surface area is 350 Å². The van der Waals surface area contributed by atoms with E-state index in [1.54, 1.807) is 0 Å². The molecule has 0 fully saturated rings. The van der Waals surface area contributed by atoms with E-state index in [1.165, 1.54) is 89.9 Å². The Balaban J connectivity index is 4.15. The van der Waals surface area contributed by atoms with Crippen LogP contribution in [-0.2, 0) is 32.7 Å². The fourth-order valence-electron chi connectivity index (χ4n) is 6.06. The molecule has 1 N–H and O–H groups in total. The van der Waals surface area contributed by atoms with Crippen molar-refractivity contribution in [2.24, 2.45) is 0 Å². The van der Waals surface area contributed by atoms with Crippen LogP contribution in [0.4, 0.5) is 0 Å². The van der Waals surface area contributed by atoms with Crippen LogP contribution in [0.15, 0.2) is 48.6 Å². The fraction of sp³-hybridized carbons (Fsp3) is 0.787. The molecule has 0 radical (unpaired) electrons. The molecule has 0 bridgehead atoms. The number of hydrogen-bond acceptors (Lipinski definition) is 7. The lowest BCUT2D eigenvalue weighted by atomic mass is 10.0. The zero-order valence-corrected chi connectivity index (χ0v) is 38.2. The van der Waals surface area contributed by atoms with Crippen LogP contribution >= 0.6 is 7.82 Å². The number of carbonyl (C=O) groups excluding carboxylic acids is 2. The van der Waals surface area contributed by atoms with Gasteiger partial charge in [0.15, 0.2) is 6.10 Å². The number of rotatable bonds is 41. The highest BCUT2D eigenvalue weighted by Gasteiger charge is 2.27. The topological polar surface area (TPSA) is 108 Å². The van der Waals surface area contributed by atoms with Gasteiger partial charge in [0.25, 0.3) is 0 Å². The van der Waals surface area contributed by atoms with E-state index in [1.807, 2.05) is 21.1 Å². The molecule has 0 aliphatic carbocycles. The molecule has 0 aliphatic rings. The number of allylic oxidation sites excluding steroid dienone is 8. The predicted molar refractivity (Wildman–Crippen MR) is 238 cm³/mol. The molecule has 2 unspecified atom stereocenters. The highest BCUT2D eigenvalue weighted by molar-refractivity contribution is 7.47. The number of esters is 2. The van der Waals surface area contributed by atoms with Crippen LogP contribution in [-0.4, -0.2) is 74.9 Å². The number of carbonyl (C=O) groups is 2. The molecular weight excluding hydrogens is 737 g/mol. The molecule has 2 atom stereocenters. The summed E-state index contributed by atoms with van der Waals surface area (Å²) in [6.45, 7) is 4.27. The third-order valence-corrected chi connectivity index (χ3v) is 10.6. The van der Waals surface area contributed by atoms with Crippen LogP contribution in [0.1, 0.15) is 187 Å². The summed E-state index contributed by atoms with van der Waals surface area (Å²) in [6.07, 6.45) is 46.1. The van der Waals surface area contributed by atoms with E-state index in [2.05, 4.69) is 62.5 Å². The lowest BCUT2D eigenvalue weighted by Gasteiger charge is -2.24. The largest absolute Gasteiger partial charge is 0.472 e. The Kier molecular flexibility index (Phi) is 38.0. The first-order chi connectivity index (χ1) is 27.5. The molecule has 10 heteroatoms. The van der Waals surface area contributed by atoms with Gasteiger partial charge in [-0.1, -0.05) is 172 Å². The van der Waals surface area contributed by atoms with Gasteiger partial charge in [0.2, 0.25) is 0 Å². The second-order valence-corrected chi connectivity index (χ2v) is 17.9. The number of unbranched alkanes of at least 4 members (excludes halogenated alkanes) is 19. The van der Waals surface area contributed by atoms with E-state index in [0.717, 1.165) is 64.2 Å². The summed E-state index contributed by atoms with van der Waals surface area (Å²) >= 11 is 0. The second kappa shape index (κ2) is 39.4. The van der Waals surface area contributed by atoms with Gasteiger partial charge in [-0.25, -0.2) is 4.57 Å². The molecule has 0 saturated carbocycles. The van der Waals surface area contributed by atoms with Crippen molar-refractivity contribution in [3.63, 3.8) is 0 Å². The molecular formula is C47H87NO8P+. The predicted octanol–water partition coefficient (Wildman–Crippen LogP) is 13.1. The first-order valence-corrected chi connectivity index (χ1v) is 24.4. The minimum atomic E-state index is -4.37. The third kappa shape index (κ3) is 43.4. The monoisotopic (exact) mass is 825 g/mol. The number of ether oxygens (including phenoxy) is 2. The highest BCUT2D eigenvalue weighted by atomic mass is 31.2. The Morgan fingerprint density at radius 2 is 1.00 bits per heavy atom. The summed E-state index contributed by atoms with van der Waals surface area (Å²) in [7, 11) is 1.47. The average molecular weight is 825 g/mol. The summed E-state index contributed by atoms with van der Waals surface area (Å²) in [4.78, 5) is 35.2. The maximum Gasteiger partial charge on any atom is 0.472 e. The van der Waals surface area contributed by atoms with Gasteiger partial charge in [-0.05, 0) is 51.4 Å². The van der Waals surface area contributed by atoms with Gasteiger partial charge in [0.1, 0.15) is 19.8 Å². The van der Waals surface area contributed by atoms with E-state index < -0.39 is 26.5 Å². The van der Waals surface area contributed by atoms with Crippen molar-refractivity contribution in [3.8, 4) is 0 Å². The van der Waals surface area contributed by atoms with Crippen molar-refractivity contribution in [2.75, 3.05) is 47.5 Å². The normalized spacial score (nSPS) is 14.0. The molecule has 0 saturated heterocycles. The van der Waals surface area contributed by atoms with Crippen molar-refractivity contribution < 1.29 is 42.1 Å². The number of nitrogens with zero attached hydrogens (tertiary/aromatic N) is 1. The van der Waals surface area contributed by atoms with Gasteiger partial charge >= 0.3 is 19.8 Å². The van der Waals surface area contributed by atoms with Crippen LogP contribution in [0.25, 0.3) is 0 Å². The van der Waals surface area contributed by atoms with Gasteiger partial charge in [0.05, 0.1) is 27.7 Å². The Bertz CT molecular complexity index is 1110. The van der Waals surface area contributed by atoms with Crippen molar-refractivity contribution in [1.29, 1.82) is 0 Å². The van der Waals surface area contributed by atoms with Gasteiger partial charge in [-0.3, -0.25) is 18.6 Å². The smallest absolute Gasteiger partial charge is 0.462 e. The zero-order valence-electron chi connectivity index (χ0n) is 37.3. The molecule has 332 valence electrons. The van der Waals surface area contributed by atoms with Crippen LogP contribution in [0.3, 0.4) is 0 Å².